The predicted octanol–water partition coefficient (Wildman–Crippen LogP) is 7.38. The van der Waals surface area contributed by atoms with Gasteiger partial charge in [-0.2, -0.15) is 27.2 Å². The van der Waals surface area contributed by atoms with Crippen LogP contribution in [0.3, 0.4) is 0 Å². The van der Waals surface area contributed by atoms with Crippen LogP contribution in [0.25, 0.3) is 10.8 Å². The monoisotopic (exact) mass is 490 g/mol. The second kappa shape index (κ2) is 9.10. The summed E-state index contributed by atoms with van der Waals surface area (Å²) >= 11 is 0. The average Bonchev–Trinajstić information content (AvgIpc) is 2.82. The molecule has 1 N–H and O–H groups in total. The number of carbonyl (C=O) groups excluding carboxylic acids is 1. The zero-order chi connectivity index (χ0) is 26.2. The number of hydrogen-bond acceptors (Lipinski definition) is 2. The molecule has 0 heterocycles. The molecule has 3 aromatic carbocycles. The molecule has 0 aliphatic rings. The third-order valence-corrected chi connectivity index (χ3v) is 5.77. The summed E-state index contributed by atoms with van der Waals surface area (Å²) in [6.45, 7) is 5.50. The molecule has 0 aromatic heterocycles. The lowest BCUT2D eigenvalue weighted by Gasteiger charge is -2.34. The number of benzene rings is 3. The SMILES string of the molecule is C=CC(F)(F)C(F)(c1cc(C)c(NC(=O)c2ccc3cc(C#N)ccc3c2)c(CC)c1)C(F)(F)F. The number of hydrogen-bond donors (Lipinski definition) is 1. The van der Waals surface area contributed by atoms with Gasteiger partial charge in [0.2, 0.25) is 0 Å². The van der Waals surface area contributed by atoms with E-state index in [1.54, 1.807) is 30.3 Å². The maximum absolute atomic E-state index is 15.1. The lowest BCUT2D eigenvalue weighted by molar-refractivity contribution is -0.296. The van der Waals surface area contributed by atoms with Gasteiger partial charge in [0.15, 0.2) is 0 Å². The Kier molecular flexibility index (Phi) is 6.71. The minimum absolute atomic E-state index is 0.0155. The van der Waals surface area contributed by atoms with Crippen LogP contribution >= 0.6 is 0 Å². The van der Waals surface area contributed by atoms with Crippen molar-refractivity contribution in [3.63, 3.8) is 0 Å². The molecule has 0 saturated carbocycles. The van der Waals surface area contributed by atoms with Gasteiger partial charge >= 0.3 is 12.1 Å². The van der Waals surface area contributed by atoms with E-state index in [1.807, 2.05) is 6.07 Å². The molecule has 0 aliphatic carbocycles. The van der Waals surface area contributed by atoms with E-state index in [0.29, 0.717) is 23.1 Å². The lowest BCUT2D eigenvalue weighted by atomic mass is 9.85. The fourth-order valence-corrected chi connectivity index (χ4v) is 3.84. The summed E-state index contributed by atoms with van der Waals surface area (Å²) in [5.74, 6) is -5.52. The molecule has 182 valence electrons. The minimum atomic E-state index is -5.93. The molecule has 1 atom stereocenters. The van der Waals surface area contributed by atoms with Crippen LogP contribution < -0.4 is 5.32 Å². The third-order valence-electron chi connectivity index (χ3n) is 5.77. The largest absolute Gasteiger partial charge is 0.433 e. The number of nitrogens with zero attached hydrogens (tertiary/aromatic N) is 1. The Bertz CT molecular complexity index is 1360. The fraction of sp³-hybridized carbons (Fsp3) is 0.231. The average molecular weight is 490 g/mol. The highest BCUT2D eigenvalue weighted by Crippen LogP contribution is 2.53. The molecule has 3 nitrogen and oxygen atoms in total. The van der Waals surface area contributed by atoms with Gasteiger partial charge in [0.25, 0.3) is 11.6 Å². The highest BCUT2D eigenvalue weighted by molar-refractivity contribution is 6.07. The molecule has 1 unspecified atom stereocenters. The number of carbonyl (C=O) groups is 1. The van der Waals surface area contributed by atoms with Crippen molar-refractivity contribution < 1.29 is 31.1 Å². The second-order valence-electron chi connectivity index (χ2n) is 8.01. The Labute approximate surface area is 197 Å². The Morgan fingerprint density at radius 1 is 1.03 bits per heavy atom. The fourth-order valence-electron chi connectivity index (χ4n) is 3.84. The molecule has 3 aromatic rings. The number of halogens is 6. The number of amides is 1. The van der Waals surface area contributed by atoms with E-state index in [-0.39, 0.29) is 34.9 Å². The molecule has 9 heteroatoms. The number of nitrogens with one attached hydrogen (secondary N) is 1. The first-order valence-corrected chi connectivity index (χ1v) is 10.4. The number of alkyl halides is 6. The normalized spacial score (nSPS) is 13.7. The van der Waals surface area contributed by atoms with Crippen molar-refractivity contribution in [3.05, 3.63) is 89.0 Å². The maximum Gasteiger partial charge on any atom is 0.433 e. The molecule has 0 bridgehead atoms. The number of nitriles is 1. The summed E-state index contributed by atoms with van der Waals surface area (Å²) in [4.78, 5) is 12.9. The predicted molar refractivity (Wildman–Crippen MR) is 121 cm³/mol. The molecular formula is C26H20F6N2O. The van der Waals surface area contributed by atoms with Crippen LogP contribution in [0.2, 0.25) is 0 Å². The van der Waals surface area contributed by atoms with Gasteiger partial charge in [-0.3, -0.25) is 4.79 Å². The number of aryl methyl sites for hydroxylation is 2. The van der Waals surface area contributed by atoms with Gasteiger partial charge in [-0.1, -0.05) is 31.7 Å². The van der Waals surface area contributed by atoms with E-state index < -0.39 is 29.2 Å². The van der Waals surface area contributed by atoms with Gasteiger partial charge in [-0.05, 0) is 71.7 Å². The first-order chi connectivity index (χ1) is 16.3. The van der Waals surface area contributed by atoms with Gasteiger partial charge in [0.05, 0.1) is 11.6 Å². The van der Waals surface area contributed by atoms with Crippen molar-refractivity contribution in [1.29, 1.82) is 5.26 Å². The second-order valence-corrected chi connectivity index (χ2v) is 8.01. The number of rotatable bonds is 6. The van der Waals surface area contributed by atoms with Gasteiger partial charge < -0.3 is 5.32 Å². The summed E-state index contributed by atoms with van der Waals surface area (Å²) < 4.78 is 84.1. The van der Waals surface area contributed by atoms with Crippen LogP contribution in [0, 0.1) is 18.3 Å². The maximum atomic E-state index is 15.1. The van der Waals surface area contributed by atoms with Crippen molar-refractivity contribution in [1.82, 2.24) is 0 Å². The molecule has 1 amide bonds. The Hall–Kier alpha value is -3.80. The molecular weight excluding hydrogens is 470 g/mol. The van der Waals surface area contributed by atoms with Crippen LogP contribution in [0.15, 0.2) is 61.2 Å². The summed E-state index contributed by atoms with van der Waals surface area (Å²) in [5, 5.41) is 13.0. The Morgan fingerprint density at radius 3 is 2.23 bits per heavy atom. The molecule has 0 radical (unpaired) electrons. The molecule has 0 aliphatic heterocycles. The van der Waals surface area contributed by atoms with Crippen molar-refractivity contribution in [3.8, 4) is 6.07 Å². The summed E-state index contributed by atoms with van der Waals surface area (Å²) in [7, 11) is 0. The van der Waals surface area contributed by atoms with E-state index in [0.717, 1.165) is 5.39 Å². The first kappa shape index (κ1) is 25.8. The van der Waals surface area contributed by atoms with Crippen LogP contribution in [0.1, 0.15) is 39.5 Å². The zero-order valence-electron chi connectivity index (χ0n) is 18.7. The molecule has 3 rings (SSSR count). The van der Waals surface area contributed by atoms with E-state index in [2.05, 4.69) is 11.9 Å². The minimum Gasteiger partial charge on any atom is -0.321 e. The van der Waals surface area contributed by atoms with E-state index in [1.165, 1.54) is 19.9 Å². The summed E-state index contributed by atoms with van der Waals surface area (Å²) in [6, 6.07) is 13.0. The number of fused-ring (bicyclic) bond motifs is 1. The highest BCUT2D eigenvalue weighted by atomic mass is 19.4. The van der Waals surface area contributed by atoms with Gasteiger partial charge in [-0.25, -0.2) is 4.39 Å². The number of allylic oxidation sites excluding steroid dienone is 1. The van der Waals surface area contributed by atoms with Crippen LogP contribution in [0.4, 0.5) is 32.0 Å². The highest BCUT2D eigenvalue weighted by Gasteiger charge is 2.71. The molecule has 35 heavy (non-hydrogen) atoms. The molecule has 0 fully saturated rings. The van der Waals surface area contributed by atoms with Crippen molar-refractivity contribution in [2.45, 2.75) is 38.0 Å². The van der Waals surface area contributed by atoms with Gasteiger partial charge in [0.1, 0.15) is 0 Å². The van der Waals surface area contributed by atoms with E-state index in [4.69, 9.17) is 5.26 Å². The van der Waals surface area contributed by atoms with E-state index in [9.17, 15) is 26.7 Å². The topological polar surface area (TPSA) is 52.9 Å². The number of anilines is 1. The Balaban J connectivity index is 2.04. The smallest absolute Gasteiger partial charge is 0.321 e. The van der Waals surface area contributed by atoms with Crippen LogP contribution in [-0.2, 0) is 12.1 Å². The van der Waals surface area contributed by atoms with Crippen LogP contribution in [0.5, 0.6) is 0 Å². The molecule has 0 spiro atoms. The summed E-state index contributed by atoms with van der Waals surface area (Å²) in [6.07, 6.45) is -6.26. The quantitative estimate of drug-likeness (QED) is 0.290. The van der Waals surface area contributed by atoms with Crippen LogP contribution in [-0.4, -0.2) is 18.0 Å². The summed E-state index contributed by atoms with van der Waals surface area (Å²) in [5.41, 5.74) is -5.46. The van der Waals surface area contributed by atoms with Crippen molar-refractivity contribution in [2.75, 3.05) is 5.32 Å². The first-order valence-electron chi connectivity index (χ1n) is 10.4. The van der Waals surface area contributed by atoms with Crippen molar-refractivity contribution >= 4 is 22.4 Å². The van der Waals surface area contributed by atoms with Gasteiger partial charge in [-0.15, -0.1) is 0 Å². The zero-order valence-corrected chi connectivity index (χ0v) is 18.7. The Morgan fingerprint density at radius 2 is 1.66 bits per heavy atom. The molecule has 0 saturated heterocycles. The van der Waals surface area contributed by atoms with Crippen molar-refractivity contribution in [2.24, 2.45) is 0 Å². The standard InChI is InChI=1S/C26H20F6N2O/c1-4-17-13-21(25(29,26(30,31)32)24(27,28)5-2)10-15(3)22(17)34-23(35)20-9-8-18-11-16(14-33)6-7-19(18)12-20/h5-13H,2,4H2,1,3H3,(H,34,35). The van der Waals surface area contributed by atoms with E-state index >= 15 is 4.39 Å². The van der Waals surface area contributed by atoms with Gasteiger partial charge in [0, 0.05) is 16.8 Å². The lowest BCUT2D eigenvalue weighted by Crippen LogP contribution is -2.51. The third kappa shape index (κ3) is 4.48.